The smallest absolute Gasteiger partial charge is 0.0991 e. The quantitative estimate of drug-likeness (QED) is 0.680. The van der Waals surface area contributed by atoms with Gasteiger partial charge in [-0.1, -0.05) is 17.7 Å². The highest BCUT2D eigenvalue weighted by Gasteiger charge is 2.02. The summed E-state index contributed by atoms with van der Waals surface area (Å²) >= 11 is 6.00. The molecular weight excluding hydrogens is 184 g/mol. The molecule has 2 rings (SSSR count). The van der Waals surface area contributed by atoms with Gasteiger partial charge in [0.1, 0.15) is 0 Å². The van der Waals surface area contributed by atoms with E-state index in [1.165, 1.54) is 0 Å². The maximum absolute atomic E-state index is 6.00. The largest absolute Gasteiger partial charge is 0.306 e. The molecule has 0 atom stereocenters. The lowest BCUT2D eigenvalue weighted by Gasteiger charge is -2.06. The highest BCUT2D eigenvalue weighted by Crippen LogP contribution is 2.21. The Morgan fingerprint density at radius 2 is 2.23 bits per heavy atom. The number of benzene rings is 1. The van der Waals surface area contributed by atoms with Gasteiger partial charge in [-0.25, -0.2) is 4.98 Å². The van der Waals surface area contributed by atoms with Crippen molar-refractivity contribution in [2.24, 2.45) is 0 Å². The second-order valence-corrected chi connectivity index (χ2v) is 3.26. The molecular formula is C10H9ClN2. The fraction of sp³-hybridized carbons (Fsp3) is 0.100. The van der Waals surface area contributed by atoms with E-state index in [4.69, 9.17) is 11.6 Å². The van der Waals surface area contributed by atoms with Gasteiger partial charge in [0.15, 0.2) is 0 Å². The SMILES string of the molecule is Cc1c(Cl)cccc1-n1ccnc1. The van der Waals surface area contributed by atoms with Gasteiger partial charge < -0.3 is 4.57 Å². The van der Waals surface area contributed by atoms with Crippen LogP contribution in [0.25, 0.3) is 5.69 Å². The highest BCUT2D eigenvalue weighted by atomic mass is 35.5. The van der Waals surface area contributed by atoms with E-state index in [2.05, 4.69) is 4.98 Å². The minimum atomic E-state index is 0.784. The van der Waals surface area contributed by atoms with Crippen LogP contribution in [0.2, 0.25) is 5.02 Å². The zero-order chi connectivity index (χ0) is 9.26. The topological polar surface area (TPSA) is 17.8 Å². The van der Waals surface area contributed by atoms with Crippen molar-refractivity contribution in [3.05, 3.63) is 47.5 Å². The Hall–Kier alpha value is -1.28. The van der Waals surface area contributed by atoms with Gasteiger partial charge in [-0.3, -0.25) is 0 Å². The van der Waals surface area contributed by atoms with Crippen LogP contribution >= 0.6 is 11.6 Å². The van der Waals surface area contributed by atoms with E-state index in [1.54, 1.807) is 12.5 Å². The van der Waals surface area contributed by atoms with Gasteiger partial charge in [0.2, 0.25) is 0 Å². The summed E-state index contributed by atoms with van der Waals surface area (Å²) < 4.78 is 1.95. The average Bonchev–Trinajstić information content (AvgIpc) is 2.62. The highest BCUT2D eigenvalue weighted by molar-refractivity contribution is 6.31. The lowest BCUT2D eigenvalue weighted by molar-refractivity contribution is 1.04. The van der Waals surface area contributed by atoms with Crippen molar-refractivity contribution in [3.8, 4) is 5.69 Å². The van der Waals surface area contributed by atoms with E-state index in [0.717, 1.165) is 16.3 Å². The van der Waals surface area contributed by atoms with Crippen LogP contribution in [0.4, 0.5) is 0 Å². The predicted molar refractivity (Wildman–Crippen MR) is 53.3 cm³/mol. The molecule has 1 heterocycles. The van der Waals surface area contributed by atoms with Gasteiger partial charge in [-0.05, 0) is 24.6 Å². The molecule has 66 valence electrons. The first-order chi connectivity index (χ1) is 6.29. The molecule has 2 nitrogen and oxygen atoms in total. The maximum Gasteiger partial charge on any atom is 0.0991 e. The van der Waals surface area contributed by atoms with Gasteiger partial charge in [0.25, 0.3) is 0 Å². The third kappa shape index (κ3) is 1.45. The zero-order valence-electron chi connectivity index (χ0n) is 7.24. The van der Waals surface area contributed by atoms with Crippen LogP contribution < -0.4 is 0 Å². The van der Waals surface area contributed by atoms with Crippen LogP contribution in [-0.4, -0.2) is 9.55 Å². The Bertz CT molecular complexity index is 407. The van der Waals surface area contributed by atoms with Crippen LogP contribution in [0.3, 0.4) is 0 Å². The molecule has 0 aliphatic rings. The lowest BCUT2D eigenvalue weighted by atomic mass is 10.2. The minimum Gasteiger partial charge on any atom is -0.306 e. The summed E-state index contributed by atoms with van der Waals surface area (Å²) in [4.78, 5) is 3.99. The fourth-order valence-corrected chi connectivity index (χ4v) is 1.45. The summed E-state index contributed by atoms with van der Waals surface area (Å²) in [6.07, 6.45) is 5.41. The number of hydrogen-bond acceptors (Lipinski definition) is 1. The molecule has 0 N–H and O–H groups in total. The van der Waals surface area contributed by atoms with E-state index in [1.807, 2.05) is 35.9 Å². The van der Waals surface area contributed by atoms with E-state index in [9.17, 15) is 0 Å². The monoisotopic (exact) mass is 192 g/mol. The predicted octanol–water partition coefficient (Wildman–Crippen LogP) is 2.83. The molecule has 0 aliphatic carbocycles. The van der Waals surface area contributed by atoms with Crippen LogP contribution in [0.5, 0.6) is 0 Å². The number of nitrogens with zero attached hydrogens (tertiary/aromatic N) is 2. The Labute approximate surface area is 81.8 Å². The molecule has 0 spiro atoms. The van der Waals surface area contributed by atoms with Crippen LogP contribution in [-0.2, 0) is 0 Å². The first kappa shape index (κ1) is 8.32. The standard InChI is InChI=1S/C10H9ClN2/c1-8-9(11)3-2-4-10(8)13-6-5-12-7-13/h2-7H,1H3. The van der Waals surface area contributed by atoms with Crippen molar-refractivity contribution in [2.75, 3.05) is 0 Å². The van der Waals surface area contributed by atoms with Crippen molar-refractivity contribution in [1.82, 2.24) is 9.55 Å². The van der Waals surface area contributed by atoms with Crippen LogP contribution in [0, 0.1) is 6.92 Å². The summed E-state index contributed by atoms with van der Waals surface area (Å²) in [7, 11) is 0. The van der Waals surface area contributed by atoms with Crippen LogP contribution in [0.15, 0.2) is 36.9 Å². The van der Waals surface area contributed by atoms with Crippen molar-refractivity contribution >= 4 is 11.6 Å². The summed E-state index contributed by atoms with van der Waals surface area (Å²) in [6, 6.07) is 5.84. The van der Waals surface area contributed by atoms with Gasteiger partial charge in [-0.2, -0.15) is 0 Å². The molecule has 0 unspecified atom stereocenters. The molecule has 0 bridgehead atoms. The first-order valence-corrected chi connectivity index (χ1v) is 4.40. The van der Waals surface area contributed by atoms with E-state index < -0.39 is 0 Å². The van der Waals surface area contributed by atoms with Gasteiger partial charge >= 0.3 is 0 Å². The summed E-state index contributed by atoms with van der Waals surface area (Å²) in [5.74, 6) is 0. The Morgan fingerprint density at radius 3 is 2.92 bits per heavy atom. The Kier molecular flexibility index (Phi) is 2.07. The van der Waals surface area contributed by atoms with Crippen LogP contribution in [0.1, 0.15) is 5.56 Å². The normalized spacial score (nSPS) is 10.3. The number of aromatic nitrogens is 2. The van der Waals surface area contributed by atoms with E-state index >= 15 is 0 Å². The number of hydrogen-bond donors (Lipinski definition) is 0. The molecule has 0 amide bonds. The molecule has 2 aromatic rings. The molecule has 0 saturated heterocycles. The van der Waals surface area contributed by atoms with E-state index in [-0.39, 0.29) is 0 Å². The Balaban J connectivity index is 2.59. The van der Waals surface area contributed by atoms with Gasteiger partial charge in [0, 0.05) is 17.4 Å². The maximum atomic E-state index is 6.00. The van der Waals surface area contributed by atoms with Crippen molar-refractivity contribution in [1.29, 1.82) is 0 Å². The Morgan fingerprint density at radius 1 is 1.38 bits per heavy atom. The van der Waals surface area contributed by atoms with Gasteiger partial charge in [0.05, 0.1) is 12.0 Å². The molecule has 3 heteroatoms. The second-order valence-electron chi connectivity index (χ2n) is 2.85. The molecule has 0 aliphatic heterocycles. The summed E-state index contributed by atoms with van der Waals surface area (Å²) in [6.45, 7) is 2.00. The third-order valence-electron chi connectivity index (χ3n) is 2.02. The van der Waals surface area contributed by atoms with Crippen molar-refractivity contribution < 1.29 is 0 Å². The summed E-state index contributed by atoms with van der Waals surface area (Å²) in [5.41, 5.74) is 2.15. The van der Waals surface area contributed by atoms with Gasteiger partial charge in [-0.15, -0.1) is 0 Å². The van der Waals surface area contributed by atoms with Crippen molar-refractivity contribution in [3.63, 3.8) is 0 Å². The lowest BCUT2D eigenvalue weighted by Crippen LogP contribution is -1.93. The molecule has 0 radical (unpaired) electrons. The summed E-state index contributed by atoms with van der Waals surface area (Å²) in [5, 5.41) is 0.784. The molecule has 1 aromatic carbocycles. The number of halogens is 1. The van der Waals surface area contributed by atoms with E-state index in [0.29, 0.717) is 0 Å². The molecule has 0 saturated carbocycles. The minimum absolute atomic E-state index is 0.784. The molecule has 13 heavy (non-hydrogen) atoms. The van der Waals surface area contributed by atoms with Crippen molar-refractivity contribution in [2.45, 2.75) is 6.92 Å². The number of imidazole rings is 1. The second kappa shape index (κ2) is 3.23. The third-order valence-corrected chi connectivity index (χ3v) is 2.43. The average molecular weight is 193 g/mol. The first-order valence-electron chi connectivity index (χ1n) is 4.02. The molecule has 0 fully saturated rings. The zero-order valence-corrected chi connectivity index (χ0v) is 7.99. The number of rotatable bonds is 1. The fourth-order valence-electron chi connectivity index (χ4n) is 1.28. The molecule has 1 aromatic heterocycles.